The molecule has 0 radical (unpaired) electrons. The van der Waals surface area contributed by atoms with E-state index in [0.29, 0.717) is 0 Å². The molecule has 0 aliphatic carbocycles. The summed E-state index contributed by atoms with van der Waals surface area (Å²) in [7, 11) is 0. The van der Waals surface area contributed by atoms with Crippen LogP contribution in [0.5, 0.6) is 0 Å². The predicted molar refractivity (Wildman–Crippen MR) is 175 cm³/mol. The summed E-state index contributed by atoms with van der Waals surface area (Å²) in [5.74, 6) is 0.874. The first-order valence-electron chi connectivity index (χ1n) is 14.1. The number of unbranched alkanes of at least 4 members (excludes halogenated alkanes) is 1. The molecule has 0 spiro atoms. The summed E-state index contributed by atoms with van der Waals surface area (Å²) < 4.78 is 0. The maximum absolute atomic E-state index is 4.26. The molecule has 2 heterocycles. The lowest BCUT2D eigenvalue weighted by molar-refractivity contribution is 0.0282. The van der Waals surface area contributed by atoms with Crippen LogP contribution in [0.25, 0.3) is 0 Å². The second-order valence-electron chi connectivity index (χ2n) is 9.65. The van der Waals surface area contributed by atoms with Gasteiger partial charge in [-0.15, -0.1) is 0 Å². The lowest BCUT2D eigenvalue weighted by Crippen LogP contribution is -2.56. The van der Waals surface area contributed by atoms with Crippen molar-refractivity contribution in [3.63, 3.8) is 0 Å². The Labute approximate surface area is 238 Å². The standard InChI is InChI=1S/C30H45N3.C2H6.3CH4/c1-4-6-13-28-18-19-30-25-32(22-23-33(30)24-28)21-11-10-20-31-26(3)29(5-2)17-12-16-27-14-8-7-9-15-27;1-2;;;/h4-9,12,14-15,17,28,30-31H,3,10-11,13,16,18-25H2,1-2H3;1-2H3;3*1H4/b6-4-,17-12-,29-5+;;;;. The minimum atomic E-state index is 0. The zero-order chi connectivity index (χ0) is 25.3. The molecule has 3 heteroatoms. The highest BCUT2D eigenvalue weighted by Gasteiger charge is 2.32. The number of nitrogens with zero attached hydrogens (tertiary/aromatic N) is 2. The van der Waals surface area contributed by atoms with E-state index in [4.69, 9.17) is 0 Å². The van der Waals surface area contributed by atoms with E-state index in [-0.39, 0.29) is 22.3 Å². The zero-order valence-electron chi connectivity index (χ0n) is 23.0. The van der Waals surface area contributed by atoms with Gasteiger partial charge in [0.05, 0.1) is 0 Å². The Balaban J connectivity index is 0. The van der Waals surface area contributed by atoms with Crippen molar-refractivity contribution in [2.24, 2.45) is 5.92 Å². The van der Waals surface area contributed by atoms with E-state index in [9.17, 15) is 0 Å². The van der Waals surface area contributed by atoms with Crippen molar-refractivity contribution in [2.45, 2.75) is 94.5 Å². The molecule has 2 aliphatic rings. The van der Waals surface area contributed by atoms with Crippen molar-refractivity contribution < 1.29 is 0 Å². The summed E-state index contributed by atoms with van der Waals surface area (Å²) in [4.78, 5) is 5.47. The SMILES string of the molecule is C.C.C.C=C(NCCCCN1CCN2CC(C/C=C\C)CCC2C1)C(/C=C\Cc1ccccc1)=C/C.CC. The quantitative estimate of drug-likeness (QED) is 0.167. The van der Waals surface area contributed by atoms with E-state index < -0.39 is 0 Å². The smallest absolute Gasteiger partial charge is 0.0337 e. The number of hydrogen-bond donors (Lipinski definition) is 1. The number of benzene rings is 1. The van der Waals surface area contributed by atoms with Crippen LogP contribution in [-0.2, 0) is 6.42 Å². The minimum Gasteiger partial charge on any atom is -0.385 e. The summed E-state index contributed by atoms with van der Waals surface area (Å²) in [5, 5.41) is 3.54. The molecule has 2 saturated heterocycles. The average Bonchev–Trinajstić information content (AvgIpc) is 2.91. The van der Waals surface area contributed by atoms with E-state index >= 15 is 0 Å². The molecule has 38 heavy (non-hydrogen) atoms. The zero-order valence-corrected chi connectivity index (χ0v) is 23.0. The van der Waals surface area contributed by atoms with Gasteiger partial charge in [0, 0.05) is 44.5 Å². The monoisotopic (exact) mass is 526 g/mol. The number of hydrogen-bond acceptors (Lipinski definition) is 3. The highest BCUT2D eigenvalue weighted by atomic mass is 15.3. The van der Waals surface area contributed by atoms with E-state index in [1.54, 1.807) is 0 Å². The van der Waals surface area contributed by atoms with Crippen molar-refractivity contribution in [1.82, 2.24) is 15.1 Å². The number of nitrogens with one attached hydrogen (secondary N) is 1. The van der Waals surface area contributed by atoms with Gasteiger partial charge in [-0.05, 0) is 76.0 Å². The van der Waals surface area contributed by atoms with Crippen molar-refractivity contribution in [2.75, 3.05) is 39.3 Å². The normalized spacial score (nSPS) is 19.8. The molecule has 2 unspecified atom stereocenters. The van der Waals surface area contributed by atoms with Crippen molar-refractivity contribution in [3.8, 4) is 0 Å². The van der Waals surface area contributed by atoms with Crippen LogP contribution in [0.2, 0.25) is 0 Å². The number of piperazine rings is 1. The van der Waals surface area contributed by atoms with Gasteiger partial charge in [-0.3, -0.25) is 4.90 Å². The number of allylic oxidation sites excluding steroid dienone is 5. The fourth-order valence-electron chi connectivity index (χ4n) is 5.16. The lowest BCUT2D eigenvalue weighted by atomic mass is 9.89. The highest BCUT2D eigenvalue weighted by molar-refractivity contribution is 5.37. The van der Waals surface area contributed by atoms with Crippen LogP contribution in [0.1, 0.15) is 87.6 Å². The van der Waals surface area contributed by atoms with Gasteiger partial charge in [0.2, 0.25) is 0 Å². The fourth-order valence-corrected chi connectivity index (χ4v) is 5.16. The van der Waals surface area contributed by atoms with Gasteiger partial charge in [0.15, 0.2) is 0 Å². The molecule has 0 aromatic heterocycles. The molecular formula is C35H63N3. The number of rotatable bonds is 12. The predicted octanol–water partition coefficient (Wildman–Crippen LogP) is 8.91. The first-order chi connectivity index (χ1) is 17.2. The summed E-state index contributed by atoms with van der Waals surface area (Å²) in [6, 6.07) is 11.4. The number of piperidine rings is 1. The van der Waals surface area contributed by atoms with E-state index in [1.807, 2.05) is 13.8 Å². The second kappa shape index (κ2) is 22.8. The van der Waals surface area contributed by atoms with E-state index in [1.165, 1.54) is 76.0 Å². The summed E-state index contributed by atoms with van der Waals surface area (Å²) >= 11 is 0. The molecule has 0 bridgehead atoms. The minimum absolute atomic E-state index is 0. The average molecular weight is 526 g/mol. The molecule has 1 N–H and O–H groups in total. The van der Waals surface area contributed by atoms with Crippen molar-refractivity contribution in [1.29, 1.82) is 0 Å². The lowest BCUT2D eigenvalue weighted by Gasteiger charge is -2.46. The van der Waals surface area contributed by atoms with Gasteiger partial charge < -0.3 is 10.2 Å². The molecule has 218 valence electrons. The van der Waals surface area contributed by atoms with Crippen LogP contribution >= 0.6 is 0 Å². The van der Waals surface area contributed by atoms with Crippen LogP contribution in [0.15, 0.2) is 78.6 Å². The van der Waals surface area contributed by atoms with Crippen LogP contribution < -0.4 is 5.32 Å². The molecule has 2 aliphatic heterocycles. The molecule has 1 aromatic carbocycles. The Kier molecular flexibility index (Phi) is 22.9. The number of fused-ring (bicyclic) bond motifs is 1. The van der Waals surface area contributed by atoms with Gasteiger partial charge in [-0.1, -0.05) is 103 Å². The first kappa shape index (κ1) is 38.0. The van der Waals surface area contributed by atoms with Gasteiger partial charge in [-0.25, -0.2) is 0 Å². The first-order valence-corrected chi connectivity index (χ1v) is 14.1. The Morgan fingerprint density at radius 1 is 0.974 bits per heavy atom. The summed E-state index contributed by atoms with van der Waals surface area (Å²) in [6.07, 6.45) is 18.6. The third-order valence-corrected chi connectivity index (χ3v) is 7.19. The Bertz CT molecular complexity index is 793. The van der Waals surface area contributed by atoms with Crippen LogP contribution in [0.3, 0.4) is 0 Å². The maximum atomic E-state index is 4.26. The van der Waals surface area contributed by atoms with E-state index in [0.717, 1.165) is 30.6 Å². The molecule has 2 fully saturated rings. The molecule has 3 nitrogen and oxygen atoms in total. The van der Waals surface area contributed by atoms with Crippen molar-refractivity contribution >= 4 is 0 Å². The molecule has 1 aromatic rings. The Morgan fingerprint density at radius 3 is 2.39 bits per heavy atom. The molecule has 2 atom stereocenters. The third kappa shape index (κ3) is 13.6. The fraction of sp³-hybridized carbons (Fsp3) is 0.600. The van der Waals surface area contributed by atoms with Crippen molar-refractivity contribution in [3.05, 3.63) is 84.1 Å². The van der Waals surface area contributed by atoms with Crippen LogP contribution in [0.4, 0.5) is 0 Å². The summed E-state index contributed by atoms with van der Waals surface area (Å²) in [5.41, 5.74) is 3.56. The summed E-state index contributed by atoms with van der Waals surface area (Å²) in [6.45, 7) is 19.8. The Hall–Kier alpha value is -2.10. The molecule has 0 amide bonds. The second-order valence-corrected chi connectivity index (χ2v) is 9.65. The van der Waals surface area contributed by atoms with Crippen LogP contribution in [-0.4, -0.2) is 55.1 Å². The molecule has 3 rings (SSSR count). The van der Waals surface area contributed by atoms with Gasteiger partial charge in [0.25, 0.3) is 0 Å². The largest absolute Gasteiger partial charge is 0.385 e. The Morgan fingerprint density at radius 2 is 1.71 bits per heavy atom. The van der Waals surface area contributed by atoms with Gasteiger partial charge in [-0.2, -0.15) is 0 Å². The topological polar surface area (TPSA) is 18.5 Å². The van der Waals surface area contributed by atoms with Gasteiger partial charge in [0.1, 0.15) is 0 Å². The van der Waals surface area contributed by atoms with Crippen LogP contribution in [0, 0.1) is 5.92 Å². The maximum Gasteiger partial charge on any atom is 0.0337 e. The van der Waals surface area contributed by atoms with Gasteiger partial charge >= 0.3 is 0 Å². The molecular weight excluding hydrogens is 462 g/mol. The highest BCUT2D eigenvalue weighted by Crippen LogP contribution is 2.27. The van der Waals surface area contributed by atoms with E-state index in [2.05, 4.69) is 96.3 Å². The third-order valence-electron chi connectivity index (χ3n) is 7.19. The molecule has 0 saturated carbocycles.